The molecule has 0 saturated heterocycles. The third-order valence-corrected chi connectivity index (χ3v) is 13.2. The normalized spacial score (nSPS) is 52.7. The lowest BCUT2D eigenvalue weighted by molar-refractivity contribution is -0.217. The van der Waals surface area contributed by atoms with Crippen molar-refractivity contribution in [1.29, 1.82) is 0 Å². The van der Waals surface area contributed by atoms with Crippen LogP contribution in [0.25, 0.3) is 0 Å². The van der Waals surface area contributed by atoms with Crippen LogP contribution in [0.2, 0.25) is 0 Å². The molecular formula is C30H46O5. The van der Waals surface area contributed by atoms with Crippen LogP contribution in [0.1, 0.15) is 106 Å². The lowest BCUT2D eigenvalue weighted by atomic mass is 9.33. The van der Waals surface area contributed by atoms with Gasteiger partial charge in [0, 0.05) is 0 Å². The first-order valence-corrected chi connectivity index (χ1v) is 13.9. The van der Waals surface area contributed by atoms with Crippen molar-refractivity contribution in [3.63, 3.8) is 0 Å². The third-order valence-electron chi connectivity index (χ3n) is 13.2. The Morgan fingerprint density at radius 2 is 1.49 bits per heavy atom. The van der Waals surface area contributed by atoms with E-state index in [2.05, 4.69) is 40.7 Å². The van der Waals surface area contributed by atoms with Gasteiger partial charge in [0.2, 0.25) is 0 Å². The maximum absolute atomic E-state index is 12.8. The Labute approximate surface area is 210 Å². The summed E-state index contributed by atoms with van der Waals surface area (Å²) in [5.74, 6) is -1.10. The summed E-state index contributed by atoms with van der Waals surface area (Å²) in [5.41, 5.74) is -0.437. The van der Waals surface area contributed by atoms with Crippen molar-refractivity contribution in [2.45, 2.75) is 112 Å². The zero-order valence-corrected chi connectivity index (χ0v) is 22.6. The van der Waals surface area contributed by atoms with Gasteiger partial charge in [0.05, 0.1) is 16.9 Å². The second-order valence-corrected chi connectivity index (χ2v) is 14.8. The van der Waals surface area contributed by atoms with Gasteiger partial charge in [0.15, 0.2) is 0 Å². The predicted octanol–water partition coefficient (Wildman–Crippen LogP) is 6.30. The van der Waals surface area contributed by atoms with E-state index in [0.29, 0.717) is 12.3 Å². The first-order chi connectivity index (χ1) is 16.1. The molecule has 0 heterocycles. The van der Waals surface area contributed by atoms with Crippen molar-refractivity contribution in [1.82, 2.24) is 0 Å². The molecule has 0 aromatic heterocycles. The number of hydrogen-bond acceptors (Lipinski definition) is 3. The molecule has 5 nitrogen and oxygen atoms in total. The van der Waals surface area contributed by atoms with Crippen LogP contribution in [0, 0.1) is 50.2 Å². The van der Waals surface area contributed by atoms with Crippen molar-refractivity contribution >= 4 is 11.9 Å². The predicted molar refractivity (Wildman–Crippen MR) is 135 cm³/mol. The van der Waals surface area contributed by atoms with E-state index in [1.165, 1.54) is 5.57 Å². The minimum atomic E-state index is -1.11. The van der Waals surface area contributed by atoms with Gasteiger partial charge in [-0.25, -0.2) is 0 Å². The summed E-state index contributed by atoms with van der Waals surface area (Å²) in [6, 6.07) is 0. The topological polar surface area (TPSA) is 94.8 Å². The Balaban J connectivity index is 1.60. The van der Waals surface area contributed by atoms with E-state index >= 15 is 0 Å². The fraction of sp³-hybridized carbons (Fsp3) is 0.867. The number of allylic oxidation sites excluding steroid dienone is 2. The number of carbonyl (C=O) groups is 2. The molecule has 3 N–H and O–H groups in total. The van der Waals surface area contributed by atoms with Gasteiger partial charge in [0.25, 0.3) is 0 Å². The molecule has 9 atom stereocenters. The third kappa shape index (κ3) is 2.97. The fourth-order valence-electron chi connectivity index (χ4n) is 10.6. The van der Waals surface area contributed by atoms with Crippen LogP contribution >= 0.6 is 0 Å². The number of carboxylic acids is 2. The Morgan fingerprint density at radius 3 is 2.11 bits per heavy atom. The van der Waals surface area contributed by atoms with E-state index < -0.39 is 28.9 Å². The van der Waals surface area contributed by atoms with Gasteiger partial charge in [-0.3, -0.25) is 9.59 Å². The Kier molecular flexibility index (Phi) is 5.32. The molecule has 0 aromatic carbocycles. The molecule has 4 fully saturated rings. The van der Waals surface area contributed by atoms with E-state index in [9.17, 15) is 24.9 Å². The van der Waals surface area contributed by atoms with Crippen LogP contribution in [0.3, 0.4) is 0 Å². The van der Waals surface area contributed by atoms with Crippen LogP contribution < -0.4 is 0 Å². The smallest absolute Gasteiger partial charge is 0.312 e. The summed E-state index contributed by atoms with van der Waals surface area (Å²) in [6.07, 6.45) is 9.97. The molecule has 5 rings (SSSR count). The summed E-state index contributed by atoms with van der Waals surface area (Å²) in [4.78, 5) is 25.3. The quantitative estimate of drug-likeness (QED) is 0.398. The summed E-state index contributed by atoms with van der Waals surface area (Å²) >= 11 is 0. The van der Waals surface area contributed by atoms with Gasteiger partial charge >= 0.3 is 11.9 Å². The fourth-order valence-corrected chi connectivity index (χ4v) is 10.6. The van der Waals surface area contributed by atoms with E-state index in [1.807, 2.05) is 0 Å². The highest BCUT2D eigenvalue weighted by Gasteiger charge is 2.70. The molecule has 0 unspecified atom stereocenters. The number of aliphatic hydroxyl groups excluding tert-OH is 1. The Hall–Kier alpha value is -1.36. The van der Waals surface area contributed by atoms with Crippen molar-refractivity contribution in [3.05, 3.63) is 11.6 Å². The molecular weight excluding hydrogens is 440 g/mol. The Morgan fingerprint density at radius 1 is 0.829 bits per heavy atom. The van der Waals surface area contributed by atoms with Crippen LogP contribution in [0.15, 0.2) is 11.6 Å². The van der Waals surface area contributed by atoms with Crippen molar-refractivity contribution in [2.24, 2.45) is 50.2 Å². The average molecular weight is 487 g/mol. The van der Waals surface area contributed by atoms with Gasteiger partial charge < -0.3 is 15.3 Å². The minimum absolute atomic E-state index is 0.00368. The van der Waals surface area contributed by atoms with Crippen LogP contribution in [-0.2, 0) is 9.59 Å². The highest BCUT2D eigenvalue weighted by atomic mass is 16.4. The molecule has 0 aliphatic heterocycles. The van der Waals surface area contributed by atoms with Gasteiger partial charge in [0.1, 0.15) is 0 Å². The van der Waals surface area contributed by atoms with E-state index in [4.69, 9.17) is 0 Å². The molecule has 5 aliphatic carbocycles. The second kappa shape index (κ2) is 7.36. The van der Waals surface area contributed by atoms with Crippen LogP contribution in [0.5, 0.6) is 0 Å². The monoisotopic (exact) mass is 486 g/mol. The SMILES string of the molecule is CC1(C)CC[C@@]2(C(=O)O)CC[C@]3(C)C(=CC[C@H]4[C@@]5(C)CC[C@H](O)[C@@](C)(C(=O)O)[C@@H]5CC[C@@]43C)[C@@H]2C1. The summed E-state index contributed by atoms with van der Waals surface area (Å²) < 4.78 is 0. The molecule has 4 saturated carbocycles. The van der Waals surface area contributed by atoms with Crippen LogP contribution in [-0.4, -0.2) is 33.4 Å². The van der Waals surface area contributed by atoms with Gasteiger partial charge in [-0.2, -0.15) is 0 Å². The summed E-state index contributed by atoms with van der Waals surface area (Å²) in [7, 11) is 0. The highest BCUT2D eigenvalue weighted by molar-refractivity contribution is 5.77. The standard InChI is InChI=1S/C30H46O5/c1-25(2)13-15-30(24(34)35)16-14-27(4)18(19(30)17-25)7-8-20-26(3)11-10-22(31)29(6,23(32)33)21(26)9-12-28(20,27)5/h7,19-22,31H,8-17H2,1-6H3,(H,32,33)(H,34,35)/t19-,20-,21+,22-,26+,27+,28-,29-,30+/m0/s1. The maximum atomic E-state index is 12.8. The zero-order chi connectivity index (χ0) is 25.8. The number of aliphatic hydroxyl groups is 1. The van der Waals surface area contributed by atoms with Crippen LogP contribution in [0.4, 0.5) is 0 Å². The van der Waals surface area contributed by atoms with Gasteiger partial charge in [-0.1, -0.05) is 46.3 Å². The number of carboxylic acid groups (broad SMARTS) is 2. The first kappa shape index (κ1) is 25.3. The largest absolute Gasteiger partial charge is 0.481 e. The Bertz CT molecular complexity index is 983. The summed E-state index contributed by atoms with van der Waals surface area (Å²) in [5, 5.41) is 31.6. The maximum Gasteiger partial charge on any atom is 0.312 e. The minimum Gasteiger partial charge on any atom is -0.481 e. The zero-order valence-electron chi connectivity index (χ0n) is 22.6. The average Bonchev–Trinajstić information content (AvgIpc) is 2.76. The molecule has 0 radical (unpaired) electrons. The lowest BCUT2D eigenvalue weighted by Crippen LogP contribution is -2.66. The van der Waals surface area contributed by atoms with Crippen molar-refractivity contribution in [2.75, 3.05) is 0 Å². The second-order valence-electron chi connectivity index (χ2n) is 14.8. The molecule has 196 valence electrons. The number of fused-ring (bicyclic) bond motifs is 7. The van der Waals surface area contributed by atoms with E-state index in [1.54, 1.807) is 6.92 Å². The molecule has 35 heavy (non-hydrogen) atoms. The first-order valence-electron chi connectivity index (χ1n) is 13.9. The van der Waals surface area contributed by atoms with Crippen molar-refractivity contribution in [3.8, 4) is 0 Å². The van der Waals surface area contributed by atoms with E-state index in [0.717, 1.165) is 57.8 Å². The van der Waals surface area contributed by atoms with E-state index in [-0.39, 0.29) is 33.5 Å². The molecule has 0 bridgehead atoms. The number of hydrogen-bond donors (Lipinski definition) is 3. The lowest BCUT2D eigenvalue weighted by Gasteiger charge is -2.70. The molecule has 0 amide bonds. The molecule has 5 heteroatoms. The van der Waals surface area contributed by atoms with Gasteiger partial charge in [-0.05, 0) is 111 Å². The highest BCUT2D eigenvalue weighted by Crippen LogP contribution is 2.75. The van der Waals surface area contributed by atoms with Gasteiger partial charge in [-0.15, -0.1) is 0 Å². The number of rotatable bonds is 2. The summed E-state index contributed by atoms with van der Waals surface area (Å²) in [6.45, 7) is 13.5. The molecule has 5 aliphatic rings. The number of aliphatic carboxylic acids is 2. The molecule has 0 aromatic rings. The molecule has 0 spiro atoms. The van der Waals surface area contributed by atoms with Crippen molar-refractivity contribution < 1.29 is 24.9 Å².